The Kier molecular flexibility index (Phi) is 7.41. The van der Waals surface area contributed by atoms with E-state index in [9.17, 15) is 13.2 Å². The van der Waals surface area contributed by atoms with Crippen molar-refractivity contribution in [3.8, 4) is 0 Å². The van der Waals surface area contributed by atoms with E-state index in [-0.39, 0.29) is 16.7 Å². The van der Waals surface area contributed by atoms with Crippen LogP contribution in [0.2, 0.25) is 0 Å². The number of aryl methyl sites for hydroxylation is 2. The highest BCUT2D eigenvalue weighted by atomic mass is 127. The minimum Gasteiger partial charge on any atom is -0.324 e. The lowest BCUT2D eigenvalue weighted by atomic mass is 10.0. The van der Waals surface area contributed by atoms with Gasteiger partial charge in [0.15, 0.2) is 0 Å². The van der Waals surface area contributed by atoms with Gasteiger partial charge in [-0.15, -0.1) is 0 Å². The Bertz CT molecular complexity index is 909. The first-order valence-electron chi connectivity index (χ1n) is 8.74. The smallest absolute Gasteiger partial charge is 0.242 e. The highest BCUT2D eigenvalue weighted by molar-refractivity contribution is 14.1. The van der Waals surface area contributed by atoms with Crippen molar-refractivity contribution >= 4 is 44.2 Å². The zero-order chi connectivity index (χ0) is 20.2. The van der Waals surface area contributed by atoms with Crippen molar-refractivity contribution in [3.05, 3.63) is 57.2 Å². The molecule has 2 rings (SSSR count). The van der Waals surface area contributed by atoms with Crippen molar-refractivity contribution < 1.29 is 13.2 Å². The van der Waals surface area contributed by atoms with Crippen LogP contribution in [-0.4, -0.2) is 20.4 Å². The van der Waals surface area contributed by atoms with Gasteiger partial charge in [0, 0.05) is 9.26 Å². The van der Waals surface area contributed by atoms with E-state index in [4.69, 9.17) is 0 Å². The average molecular weight is 500 g/mol. The normalized spacial score (nSPS) is 12.8. The molecule has 0 saturated carbocycles. The number of nitrogens with one attached hydrogen (secondary N) is 2. The molecule has 1 amide bonds. The fourth-order valence-corrected chi connectivity index (χ4v) is 4.50. The van der Waals surface area contributed by atoms with Crippen LogP contribution in [-0.2, 0) is 14.8 Å². The van der Waals surface area contributed by atoms with Crippen molar-refractivity contribution in [1.29, 1.82) is 0 Å². The minimum absolute atomic E-state index is 0.152. The fraction of sp³-hybridized carbons (Fsp3) is 0.350. The van der Waals surface area contributed by atoms with Crippen LogP contribution in [0.25, 0.3) is 0 Å². The lowest BCUT2D eigenvalue weighted by Gasteiger charge is -2.21. The monoisotopic (exact) mass is 500 g/mol. The number of sulfonamides is 1. The van der Waals surface area contributed by atoms with Gasteiger partial charge in [-0.3, -0.25) is 4.79 Å². The zero-order valence-corrected chi connectivity index (χ0v) is 18.9. The number of carbonyl (C=O) groups excluding carboxylic acids is 1. The second-order valence-corrected chi connectivity index (χ2v) is 10.0. The Morgan fingerprint density at radius 3 is 2.26 bits per heavy atom. The summed E-state index contributed by atoms with van der Waals surface area (Å²) in [6.45, 7) is 7.71. The van der Waals surface area contributed by atoms with Gasteiger partial charge in [-0.2, -0.15) is 4.72 Å². The van der Waals surface area contributed by atoms with E-state index in [0.29, 0.717) is 12.1 Å². The van der Waals surface area contributed by atoms with Gasteiger partial charge in [-0.25, -0.2) is 8.42 Å². The van der Waals surface area contributed by atoms with Crippen molar-refractivity contribution in [1.82, 2.24) is 4.72 Å². The maximum absolute atomic E-state index is 12.8. The molecule has 1 unspecified atom stereocenters. The number of hydrogen-bond acceptors (Lipinski definition) is 3. The Labute approximate surface area is 175 Å². The van der Waals surface area contributed by atoms with Gasteiger partial charge in [0.2, 0.25) is 15.9 Å². The standard InChI is InChI=1S/C20H25IN2O3S/c1-13(2)11-19(20(24)22-18-10-7-16(21)12-15(18)4)23-27(25,26)17-8-5-14(3)6-9-17/h5-10,12-13,19,23H,11H2,1-4H3,(H,22,24). The van der Waals surface area contributed by atoms with Crippen LogP contribution in [0.5, 0.6) is 0 Å². The molecule has 1 atom stereocenters. The molecule has 0 heterocycles. The SMILES string of the molecule is Cc1ccc(S(=O)(=O)NC(CC(C)C)C(=O)Nc2ccc(I)cc2C)cc1. The van der Waals surface area contributed by atoms with E-state index in [1.54, 1.807) is 24.3 Å². The van der Waals surface area contributed by atoms with E-state index in [1.807, 2.05) is 45.9 Å². The molecular formula is C20H25IN2O3S. The summed E-state index contributed by atoms with van der Waals surface area (Å²) in [7, 11) is -3.79. The summed E-state index contributed by atoms with van der Waals surface area (Å²) in [6.07, 6.45) is 0.403. The molecule has 7 heteroatoms. The molecule has 0 aliphatic rings. The molecule has 27 heavy (non-hydrogen) atoms. The van der Waals surface area contributed by atoms with Crippen LogP contribution >= 0.6 is 22.6 Å². The predicted molar refractivity (Wildman–Crippen MR) is 117 cm³/mol. The number of amides is 1. The van der Waals surface area contributed by atoms with E-state index in [1.165, 1.54) is 0 Å². The molecule has 0 fully saturated rings. The number of rotatable bonds is 7. The molecule has 0 bridgehead atoms. The van der Waals surface area contributed by atoms with Crippen molar-refractivity contribution in [2.75, 3.05) is 5.32 Å². The van der Waals surface area contributed by atoms with Crippen LogP contribution in [0.15, 0.2) is 47.4 Å². The van der Waals surface area contributed by atoms with E-state index < -0.39 is 16.1 Å². The Morgan fingerprint density at radius 1 is 1.07 bits per heavy atom. The highest BCUT2D eigenvalue weighted by Crippen LogP contribution is 2.19. The second kappa shape index (κ2) is 9.16. The molecular weight excluding hydrogens is 475 g/mol. The molecule has 0 saturated heterocycles. The summed E-state index contributed by atoms with van der Waals surface area (Å²) in [4.78, 5) is 13.0. The largest absolute Gasteiger partial charge is 0.324 e. The van der Waals surface area contributed by atoms with Gasteiger partial charge in [-0.1, -0.05) is 31.5 Å². The Balaban J connectivity index is 2.23. The Hall–Kier alpha value is -1.45. The van der Waals surface area contributed by atoms with Crippen molar-refractivity contribution in [2.24, 2.45) is 5.92 Å². The molecule has 2 N–H and O–H groups in total. The topological polar surface area (TPSA) is 75.3 Å². The van der Waals surface area contributed by atoms with Crippen LogP contribution < -0.4 is 10.0 Å². The number of halogens is 1. The number of carbonyl (C=O) groups is 1. The number of anilines is 1. The van der Waals surface area contributed by atoms with E-state index in [2.05, 4.69) is 32.6 Å². The molecule has 0 radical (unpaired) electrons. The first-order valence-corrected chi connectivity index (χ1v) is 11.3. The summed E-state index contributed by atoms with van der Waals surface area (Å²) in [6, 6.07) is 11.4. The molecule has 2 aromatic carbocycles. The van der Waals surface area contributed by atoms with Crippen LogP contribution in [0.3, 0.4) is 0 Å². The molecule has 146 valence electrons. The van der Waals surface area contributed by atoms with Gasteiger partial charge in [0.1, 0.15) is 6.04 Å². The van der Waals surface area contributed by atoms with E-state index >= 15 is 0 Å². The summed E-state index contributed by atoms with van der Waals surface area (Å²) >= 11 is 2.21. The molecule has 0 aliphatic carbocycles. The third-order valence-corrected chi connectivity index (χ3v) is 6.26. The predicted octanol–water partition coefficient (Wildman–Crippen LogP) is 4.24. The summed E-state index contributed by atoms with van der Waals surface area (Å²) < 4.78 is 29.1. The quantitative estimate of drug-likeness (QED) is 0.559. The lowest BCUT2D eigenvalue weighted by Crippen LogP contribution is -2.44. The first kappa shape index (κ1) is 21.8. The zero-order valence-electron chi connectivity index (χ0n) is 15.9. The maximum Gasteiger partial charge on any atom is 0.242 e. The molecule has 5 nitrogen and oxygen atoms in total. The lowest BCUT2D eigenvalue weighted by molar-refractivity contribution is -0.118. The average Bonchev–Trinajstić information content (AvgIpc) is 2.56. The molecule has 0 aromatic heterocycles. The minimum atomic E-state index is -3.79. The van der Waals surface area contributed by atoms with Crippen molar-refractivity contribution in [2.45, 2.75) is 45.1 Å². The third kappa shape index (κ3) is 6.29. The first-order chi connectivity index (χ1) is 12.6. The number of hydrogen-bond donors (Lipinski definition) is 2. The molecule has 0 aliphatic heterocycles. The van der Waals surface area contributed by atoms with E-state index in [0.717, 1.165) is 14.7 Å². The van der Waals surface area contributed by atoms with Gasteiger partial charge < -0.3 is 5.32 Å². The molecule has 0 spiro atoms. The molecule has 2 aromatic rings. The summed E-state index contributed by atoms with van der Waals surface area (Å²) in [5.74, 6) is -0.206. The van der Waals surface area contributed by atoms with Gasteiger partial charge in [0.05, 0.1) is 4.90 Å². The Morgan fingerprint density at radius 2 is 1.70 bits per heavy atom. The highest BCUT2D eigenvalue weighted by Gasteiger charge is 2.26. The number of benzene rings is 2. The summed E-state index contributed by atoms with van der Waals surface area (Å²) in [5, 5.41) is 2.86. The maximum atomic E-state index is 12.8. The van der Waals surface area contributed by atoms with Crippen LogP contribution in [0, 0.1) is 23.3 Å². The second-order valence-electron chi connectivity index (χ2n) is 7.06. The van der Waals surface area contributed by atoms with Crippen LogP contribution in [0.4, 0.5) is 5.69 Å². The van der Waals surface area contributed by atoms with Gasteiger partial charge in [-0.05, 0) is 84.7 Å². The summed E-state index contributed by atoms with van der Waals surface area (Å²) in [5.41, 5.74) is 2.59. The third-order valence-electron chi connectivity index (χ3n) is 4.10. The fourth-order valence-electron chi connectivity index (χ4n) is 2.64. The van der Waals surface area contributed by atoms with Gasteiger partial charge >= 0.3 is 0 Å². The van der Waals surface area contributed by atoms with Crippen LogP contribution in [0.1, 0.15) is 31.4 Å². The van der Waals surface area contributed by atoms with Crippen molar-refractivity contribution in [3.63, 3.8) is 0 Å². The van der Waals surface area contributed by atoms with Gasteiger partial charge in [0.25, 0.3) is 0 Å².